The summed E-state index contributed by atoms with van der Waals surface area (Å²) >= 11 is 0. The van der Waals surface area contributed by atoms with E-state index in [1.807, 2.05) is 4.90 Å². The fourth-order valence-corrected chi connectivity index (χ4v) is 4.38. The van der Waals surface area contributed by atoms with Gasteiger partial charge in [-0.25, -0.2) is 4.98 Å². The summed E-state index contributed by atoms with van der Waals surface area (Å²) in [6.07, 6.45) is 4.17. The maximum atomic E-state index is 12.9. The third-order valence-corrected chi connectivity index (χ3v) is 6.15. The summed E-state index contributed by atoms with van der Waals surface area (Å²) < 4.78 is 5.34. The third kappa shape index (κ3) is 3.16. The van der Waals surface area contributed by atoms with E-state index < -0.39 is 0 Å². The van der Waals surface area contributed by atoms with Gasteiger partial charge in [0.1, 0.15) is 5.82 Å². The smallest absolute Gasteiger partial charge is 0.256 e. The summed E-state index contributed by atoms with van der Waals surface area (Å²) in [7, 11) is 1.74. The first-order valence-corrected chi connectivity index (χ1v) is 10.1. The molecule has 5 rings (SSSR count). The van der Waals surface area contributed by atoms with Gasteiger partial charge in [0.05, 0.1) is 11.7 Å². The van der Waals surface area contributed by atoms with Crippen LogP contribution in [0.2, 0.25) is 0 Å². The van der Waals surface area contributed by atoms with E-state index in [9.17, 15) is 4.79 Å². The van der Waals surface area contributed by atoms with Gasteiger partial charge < -0.3 is 19.9 Å². The molecule has 1 saturated heterocycles. The lowest BCUT2D eigenvalue weighted by Crippen LogP contribution is -2.52. The fraction of sp³-hybridized carbons (Fsp3) is 0.455. The SMILES string of the molecule is COC1CN(c2cc3c(cn2)C(=O)N(Cc2ccc4c(c2)CCNCC4)C3)C1. The monoisotopic (exact) mass is 378 g/mol. The van der Waals surface area contributed by atoms with Gasteiger partial charge in [-0.15, -0.1) is 0 Å². The minimum Gasteiger partial charge on any atom is -0.378 e. The van der Waals surface area contributed by atoms with Crippen LogP contribution >= 0.6 is 0 Å². The van der Waals surface area contributed by atoms with Gasteiger partial charge in [0.15, 0.2) is 0 Å². The number of anilines is 1. The summed E-state index contributed by atoms with van der Waals surface area (Å²) in [5, 5.41) is 3.45. The molecule has 146 valence electrons. The summed E-state index contributed by atoms with van der Waals surface area (Å²) in [5.41, 5.74) is 5.88. The van der Waals surface area contributed by atoms with Crippen LogP contribution in [0.3, 0.4) is 0 Å². The van der Waals surface area contributed by atoms with Crippen molar-refractivity contribution in [3.8, 4) is 0 Å². The molecule has 2 aromatic rings. The Bertz CT molecular complexity index is 907. The molecule has 0 atom stereocenters. The molecule has 0 radical (unpaired) electrons. The lowest BCUT2D eigenvalue weighted by Gasteiger charge is -2.39. The molecule has 0 bridgehead atoms. The van der Waals surface area contributed by atoms with Gasteiger partial charge in [0, 0.05) is 39.5 Å². The topological polar surface area (TPSA) is 57.7 Å². The Hall–Kier alpha value is -2.44. The molecule has 1 aromatic carbocycles. The van der Waals surface area contributed by atoms with Gasteiger partial charge in [-0.2, -0.15) is 0 Å². The number of nitrogens with one attached hydrogen (secondary N) is 1. The number of amides is 1. The van der Waals surface area contributed by atoms with Crippen molar-refractivity contribution in [2.45, 2.75) is 32.0 Å². The van der Waals surface area contributed by atoms with Gasteiger partial charge >= 0.3 is 0 Å². The zero-order valence-electron chi connectivity index (χ0n) is 16.3. The van der Waals surface area contributed by atoms with Gasteiger partial charge in [-0.05, 0) is 54.3 Å². The Morgan fingerprint density at radius 3 is 2.79 bits per heavy atom. The second kappa shape index (κ2) is 7.18. The highest BCUT2D eigenvalue weighted by Crippen LogP contribution is 2.29. The van der Waals surface area contributed by atoms with E-state index in [1.165, 1.54) is 16.7 Å². The first-order chi connectivity index (χ1) is 13.7. The molecule has 6 nitrogen and oxygen atoms in total. The number of carbonyl (C=O) groups excluding carboxylic acids is 1. The number of hydrogen-bond donors (Lipinski definition) is 1. The first-order valence-electron chi connectivity index (χ1n) is 10.1. The minimum absolute atomic E-state index is 0.0871. The van der Waals surface area contributed by atoms with Crippen LogP contribution in [0, 0.1) is 0 Å². The Balaban J connectivity index is 1.30. The third-order valence-electron chi connectivity index (χ3n) is 6.15. The highest BCUT2D eigenvalue weighted by Gasteiger charge is 2.32. The van der Waals surface area contributed by atoms with Crippen LogP contribution in [0.4, 0.5) is 5.82 Å². The van der Waals surface area contributed by atoms with Crippen LogP contribution in [0.1, 0.15) is 32.6 Å². The number of pyridine rings is 1. The molecule has 0 aliphatic carbocycles. The van der Waals surface area contributed by atoms with E-state index in [4.69, 9.17) is 4.74 Å². The minimum atomic E-state index is 0.0871. The number of methoxy groups -OCH3 is 1. The molecule has 3 aliphatic rings. The molecule has 0 unspecified atom stereocenters. The highest BCUT2D eigenvalue weighted by molar-refractivity contribution is 5.98. The van der Waals surface area contributed by atoms with Crippen LogP contribution in [0.25, 0.3) is 0 Å². The zero-order chi connectivity index (χ0) is 19.1. The van der Waals surface area contributed by atoms with Crippen LogP contribution < -0.4 is 10.2 Å². The van der Waals surface area contributed by atoms with E-state index in [0.717, 1.165) is 56.0 Å². The van der Waals surface area contributed by atoms with Crippen LogP contribution in [0.15, 0.2) is 30.5 Å². The molecule has 1 fully saturated rings. The van der Waals surface area contributed by atoms with Gasteiger partial charge in [0.2, 0.25) is 0 Å². The van der Waals surface area contributed by atoms with E-state index in [-0.39, 0.29) is 12.0 Å². The van der Waals surface area contributed by atoms with E-state index in [0.29, 0.717) is 13.1 Å². The first kappa shape index (κ1) is 17.6. The summed E-state index contributed by atoms with van der Waals surface area (Å²) in [5.74, 6) is 1.03. The number of fused-ring (bicyclic) bond motifs is 2. The van der Waals surface area contributed by atoms with Crippen molar-refractivity contribution in [2.24, 2.45) is 0 Å². The maximum absolute atomic E-state index is 12.9. The molecule has 1 N–H and O–H groups in total. The molecule has 0 spiro atoms. The molecule has 4 heterocycles. The van der Waals surface area contributed by atoms with E-state index in [2.05, 4.69) is 39.5 Å². The quantitative estimate of drug-likeness (QED) is 0.879. The predicted octanol–water partition coefficient (Wildman–Crippen LogP) is 1.76. The van der Waals surface area contributed by atoms with Crippen LogP contribution in [0.5, 0.6) is 0 Å². The van der Waals surface area contributed by atoms with Gasteiger partial charge in [0.25, 0.3) is 5.91 Å². The molecule has 28 heavy (non-hydrogen) atoms. The molecule has 1 aromatic heterocycles. The van der Waals surface area contributed by atoms with Gasteiger partial charge in [-0.3, -0.25) is 4.79 Å². The molecule has 6 heteroatoms. The highest BCUT2D eigenvalue weighted by atomic mass is 16.5. The molecule has 0 saturated carbocycles. The average molecular weight is 378 g/mol. The van der Waals surface area contributed by atoms with Crippen LogP contribution in [-0.2, 0) is 30.7 Å². The number of hydrogen-bond acceptors (Lipinski definition) is 5. The predicted molar refractivity (Wildman–Crippen MR) is 108 cm³/mol. The largest absolute Gasteiger partial charge is 0.378 e. The molecular weight excluding hydrogens is 352 g/mol. The van der Waals surface area contributed by atoms with Crippen molar-refractivity contribution in [1.29, 1.82) is 0 Å². The van der Waals surface area contributed by atoms with Crippen molar-refractivity contribution in [1.82, 2.24) is 15.2 Å². The summed E-state index contributed by atoms with van der Waals surface area (Å²) in [6.45, 7) is 5.11. The second-order valence-corrected chi connectivity index (χ2v) is 7.98. The van der Waals surface area contributed by atoms with Crippen molar-refractivity contribution < 1.29 is 9.53 Å². The van der Waals surface area contributed by atoms with E-state index >= 15 is 0 Å². The number of rotatable bonds is 4. The summed E-state index contributed by atoms with van der Waals surface area (Å²) in [4.78, 5) is 21.5. The lowest BCUT2D eigenvalue weighted by atomic mass is 10.00. The van der Waals surface area contributed by atoms with Crippen molar-refractivity contribution >= 4 is 11.7 Å². The Morgan fingerprint density at radius 1 is 1.14 bits per heavy atom. The zero-order valence-corrected chi connectivity index (χ0v) is 16.3. The molecule has 3 aliphatic heterocycles. The number of aromatic nitrogens is 1. The number of carbonyl (C=O) groups is 1. The van der Waals surface area contributed by atoms with Crippen molar-refractivity contribution in [2.75, 3.05) is 38.2 Å². The van der Waals surface area contributed by atoms with Crippen molar-refractivity contribution in [3.05, 3.63) is 58.3 Å². The number of benzene rings is 1. The Labute approximate surface area is 165 Å². The van der Waals surface area contributed by atoms with E-state index in [1.54, 1.807) is 13.3 Å². The van der Waals surface area contributed by atoms with Gasteiger partial charge in [-0.1, -0.05) is 18.2 Å². The fourth-order valence-electron chi connectivity index (χ4n) is 4.38. The maximum Gasteiger partial charge on any atom is 0.256 e. The lowest BCUT2D eigenvalue weighted by molar-refractivity contribution is 0.0766. The van der Waals surface area contributed by atoms with Crippen LogP contribution in [-0.4, -0.2) is 55.2 Å². The van der Waals surface area contributed by atoms with Crippen molar-refractivity contribution in [3.63, 3.8) is 0 Å². The second-order valence-electron chi connectivity index (χ2n) is 7.98. The molecular formula is C22H26N4O2. The Kier molecular flexibility index (Phi) is 4.53. The normalized spacial score (nSPS) is 19.2. The Morgan fingerprint density at radius 2 is 1.96 bits per heavy atom. The number of nitrogens with zero attached hydrogens (tertiary/aromatic N) is 3. The summed E-state index contributed by atoms with van der Waals surface area (Å²) in [6, 6.07) is 8.77. The molecule has 1 amide bonds. The standard InChI is InChI=1S/C22H26N4O2/c1-28-19-13-25(14-19)21-9-18-12-26(22(27)20(18)10-24-21)11-15-2-3-16-4-6-23-7-5-17(16)8-15/h2-3,8-10,19,23H,4-7,11-14H2,1H3. The number of ether oxygens (including phenoxy) is 1. The average Bonchev–Trinajstić information content (AvgIpc) is 2.83.